The monoisotopic (exact) mass is 294 g/mol. The molecular formula is C19H22N2O. The van der Waals surface area contributed by atoms with Gasteiger partial charge in [-0.25, -0.2) is 0 Å². The van der Waals surface area contributed by atoms with Gasteiger partial charge in [-0.1, -0.05) is 30.3 Å². The fourth-order valence-corrected chi connectivity index (χ4v) is 4.51. The fourth-order valence-electron chi connectivity index (χ4n) is 4.51. The summed E-state index contributed by atoms with van der Waals surface area (Å²) in [6, 6.07) is 17.5. The maximum absolute atomic E-state index is 5.33. The number of nitrogens with zero attached hydrogens (tertiary/aromatic N) is 2. The van der Waals surface area contributed by atoms with Gasteiger partial charge in [-0.3, -0.25) is 4.90 Å². The van der Waals surface area contributed by atoms with Crippen LogP contribution in [-0.2, 0) is 5.41 Å². The third-order valence-electron chi connectivity index (χ3n) is 5.45. The van der Waals surface area contributed by atoms with Crippen LogP contribution in [0.5, 0.6) is 5.75 Å². The van der Waals surface area contributed by atoms with Gasteiger partial charge in [-0.15, -0.1) is 0 Å². The van der Waals surface area contributed by atoms with Crippen LogP contribution in [0.1, 0.15) is 17.5 Å². The van der Waals surface area contributed by atoms with Gasteiger partial charge in [0.1, 0.15) is 5.75 Å². The van der Waals surface area contributed by atoms with E-state index >= 15 is 0 Å². The molecule has 3 nitrogen and oxygen atoms in total. The molecule has 4 rings (SSSR count). The summed E-state index contributed by atoms with van der Waals surface area (Å²) in [6.45, 7) is 1.12. The molecule has 0 bridgehead atoms. The molecule has 1 saturated heterocycles. The van der Waals surface area contributed by atoms with Gasteiger partial charge in [0.05, 0.1) is 18.7 Å². The number of benzene rings is 2. The molecule has 22 heavy (non-hydrogen) atoms. The van der Waals surface area contributed by atoms with Crippen molar-refractivity contribution in [3.05, 3.63) is 59.7 Å². The molecule has 2 atom stereocenters. The number of likely N-dealkylation sites (tertiary alicyclic amines) is 1. The van der Waals surface area contributed by atoms with Crippen molar-refractivity contribution in [1.29, 1.82) is 0 Å². The molecule has 1 fully saturated rings. The summed E-state index contributed by atoms with van der Waals surface area (Å²) in [7, 11) is 6.17. The van der Waals surface area contributed by atoms with Crippen LogP contribution in [0.15, 0.2) is 48.5 Å². The summed E-state index contributed by atoms with van der Waals surface area (Å²) < 4.78 is 5.33. The van der Waals surface area contributed by atoms with Crippen LogP contribution in [0, 0.1) is 0 Å². The van der Waals surface area contributed by atoms with E-state index in [2.05, 4.69) is 72.4 Å². The van der Waals surface area contributed by atoms with Gasteiger partial charge in [0.2, 0.25) is 0 Å². The number of fused-ring (bicyclic) bond motifs is 3. The molecule has 2 heterocycles. The number of methoxy groups -OCH3 is 1. The van der Waals surface area contributed by atoms with Gasteiger partial charge in [-0.05, 0) is 42.8 Å². The zero-order valence-corrected chi connectivity index (χ0v) is 13.4. The maximum Gasteiger partial charge on any atom is 0.118 e. The maximum atomic E-state index is 5.33. The van der Waals surface area contributed by atoms with Crippen LogP contribution in [0.4, 0.5) is 5.69 Å². The van der Waals surface area contributed by atoms with Gasteiger partial charge in [0, 0.05) is 19.3 Å². The van der Waals surface area contributed by atoms with E-state index in [0.29, 0.717) is 6.17 Å². The quantitative estimate of drug-likeness (QED) is 0.846. The summed E-state index contributed by atoms with van der Waals surface area (Å²) in [5.41, 5.74) is 4.26. The van der Waals surface area contributed by atoms with Crippen molar-refractivity contribution in [3.63, 3.8) is 0 Å². The molecule has 2 aliphatic heterocycles. The number of hydrogen-bond acceptors (Lipinski definition) is 3. The Kier molecular flexibility index (Phi) is 2.95. The highest BCUT2D eigenvalue weighted by molar-refractivity contribution is 5.68. The van der Waals surface area contributed by atoms with Gasteiger partial charge in [-0.2, -0.15) is 0 Å². The second-order valence-corrected chi connectivity index (χ2v) is 6.43. The highest BCUT2D eigenvalue weighted by Crippen LogP contribution is 2.54. The molecule has 0 N–H and O–H groups in total. The second-order valence-electron chi connectivity index (χ2n) is 6.43. The standard InChI is InChI=1S/C19H22N2O/c1-20-13-12-19(14-8-10-15(22-3)11-9-14)16-6-4-5-7-17(16)21(2)18(19)20/h4-11,18H,12-13H2,1-3H3/t18-,19-/m1/s1. The lowest BCUT2D eigenvalue weighted by Gasteiger charge is -2.35. The van der Waals surface area contributed by atoms with E-state index in [1.54, 1.807) is 7.11 Å². The molecule has 0 aliphatic carbocycles. The number of hydrogen-bond donors (Lipinski definition) is 0. The van der Waals surface area contributed by atoms with E-state index in [-0.39, 0.29) is 5.41 Å². The topological polar surface area (TPSA) is 15.7 Å². The number of ether oxygens (including phenoxy) is 1. The van der Waals surface area contributed by atoms with Gasteiger partial charge >= 0.3 is 0 Å². The van der Waals surface area contributed by atoms with E-state index in [4.69, 9.17) is 4.74 Å². The van der Waals surface area contributed by atoms with E-state index in [1.807, 2.05) is 0 Å². The lowest BCUT2D eigenvalue weighted by molar-refractivity contribution is 0.278. The first-order valence-electron chi connectivity index (χ1n) is 7.85. The van der Waals surface area contributed by atoms with E-state index in [1.165, 1.54) is 16.8 Å². The first kappa shape index (κ1) is 13.6. The molecule has 0 unspecified atom stereocenters. The largest absolute Gasteiger partial charge is 0.497 e. The first-order valence-corrected chi connectivity index (χ1v) is 7.85. The summed E-state index contributed by atoms with van der Waals surface area (Å²) in [5, 5.41) is 0. The predicted octanol–water partition coefficient (Wildman–Crippen LogP) is 3.09. The summed E-state index contributed by atoms with van der Waals surface area (Å²) >= 11 is 0. The van der Waals surface area contributed by atoms with Gasteiger partial charge in [0.15, 0.2) is 0 Å². The Morgan fingerprint density at radius 1 is 1.05 bits per heavy atom. The summed E-state index contributed by atoms with van der Waals surface area (Å²) in [6.07, 6.45) is 1.54. The normalized spacial score (nSPS) is 26.9. The molecule has 2 aliphatic rings. The Labute approximate surface area is 132 Å². The molecule has 0 radical (unpaired) electrons. The van der Waals surface area contributed by atoms with E-state index in [9.17, 15) is 0 Å². The minimum Gasteiger partial charge on any atom is -0.497 e. The first-order chi connectivity index (χ1) is 10.7. The molecule has 3 heteroatoms. The van der Waals surface area contributed by atoms with Gasteiger partial charge < -0.3 is 9.64 Å². The fraction of sp³-hybridized carbons (Fsp3) is 0.368. The van der Waals surface area contributed by atoms with Crippen molar-refractivity contribution < 1.29 is 4.74 Å². The molecular weight excluding hydrogens is 272 g/mol. The molecule has 0 spiro atoms. The average molecular weight is 294 g/mol. The van der Waals surface area contributed by atoms with Crippen LogP contribution in [0.25, 0.3) is 0 Å². The minimum atomic E-state index is 0.0619. The molecule has 114 valence electrons. The van der Waals surface area contributed by atoms with Gasteiger partial charge in [0.25, 0.3) is 0 Å². The van der Waals surface area contributed by atoms with Crippen LogP contribution in [-0.4, -0.2) is 38.8 Å². The number of rotatable bonds is 2. The minimum absolute atomic E-state index is 0.0619. The Bertz CT molecular complexity index is 697. The lowest BCUT2D eigenvalue weighted by Crippen LogP contribution is -2.47. The molecule has 2 aromatic carbocycles. The van der Waals surface area contributed by atoms with Crippen molar-refractivity contribution in [2.24, 2.45) is 0 Å². The molecule has 0 saturated carbocycles. The third kappa shape index (κ3) is 1.60. The lowest BCUT2D eigenvalue weighted by atomic mass is 9.73. The Morgan fingerprint density at radius 2 is 1.77 bits per heavy atom. The molecule has 0 aromatic heterocycles. The highest BCUT2D eigenvalue weighted by atomic mass is 16.5. The highest BCUT2D eigenvalue weighted by Gasteiger charge is 2.55. The number of likely N-dealkylation sites (N-methyl/N-ethyl adjacent to an activating group) is 2. The van der Waals surface area contributed by atoms with Crippen molar-refractivity contribution in [2.75, 3.05) is 32.6 Å². The second kappa shape index (κ2) is 4.75. The van der Waals surface area contributed by atoms with Crippen LogP contribution >= 0.6 is 0 Å². The zero-order chi connectivity index (χ0) is 15.3. The van der Waals surface area contributed by atoms with Crippen molar-refractivity contribution >= 4 is 5.69 Å². The van der Waals surface area contributed by atoms with Crippen molar-refractivity contribution in [2.45, 2.75) is 18.0 Å². The molecule has 2 aromatic rings. The Morgan fingerprint density at radius 3 is 2.50 bits per heavy atom. The predicted molar refractivity (Wildman–Crippen MR) is 89.7 cm³/mol. The van der Waals surface area contributed by atoms with E-state index < -0.39 is 0 Å². The van der Waals surface area contributed by atoms with E-state index in [0.717, 1.165) is 18.7 Å². The SMILES string of the molecule is COc1ccc([C@@]23CCN(C)[C@@H]2N(C)c2ccccc23)cc1. The van der Waals surface area contributed by atoms with Crippen LogP contribution < -0.4 is 9.64 Å². The Balaban J connectivity index is 1.92. The summed E-state index contributed by atoms with van der Waals surface area (Å²) in [4.78, 5) is 4.91. The summed E-state index contributed by atoms with van der Waals surface area (Å²) in [5.74, 6) is 0.919. The number of anilines is 1. The zero-order valence-electron chi connectivity index (χ0n) is 13.4. The Hall–Kier alpha value is -2.00. The van der Waals surface area contributed by atoms with Crippen molar-refractivity contribution in [3.8, 4) is 5.75 Å². The number of para-hydroxylation sites is 1. The third-order valence-corrected chi connectivity index (χ3v) is 5.45. The molecule has 0 amide bonds. The average Bonchev–Trinajstić information content (AvgIpc) is 3.04. The van der Waals surface area contributed by atoms with Crippen LogP contribution in [0.3, 0.4) is 0 Å². The smallest absolute Gasteiger partial charge is 0.118 e. The van der Waals surface area contributed by atoms with Crippen LogP contribution in [0.2, 0.25) is 0 Å². The van der Waals surface area contributed by atoms with Crippen molar-refractivity contribution in [1.82, 2.24) is 4.90 Å².